The van der Waals surface area contributed by atoms with Crippen molar-refractivity contribution in [2.24, 2.45) is 5.92 Å². The third-order valence-electron chi connectivity index (χ3n) is 2.94. The molecule has 4 heteroatoms. The number of thioether (sulfide) groups is 1. The third kappa shape index (κ3) is 4.48. The molecule has 0 radical (unpaired) electrons. The van der Waals surface area contributed by atoms with Gasteiger partial charge in [-0.05, 0) is 30.9 Å². The molecule has 19 heavy (non-hydrogen) atoms. The lowest BCUT2D eigenvalue weighted by atomic mass is 10.2. The second-order valence-electron chi connectivity index (χ2n) is 5.20. The molecule has 1 heterocycles. The maximum absolute atomic E-state index is 4.71. The summed E-state index contributed by atoms with van der Waals surface area (Å²) in [5, 5.41) is 4.66. The van der Waals surface area contributed by atoms with Crippen LogP contribution in [0.2, 0.25) is 0 Å². The van der Waals surface area contributed by atoms with E-state index in [0.29, 0.717) is 6.04 Å². The molecule has 0 amide bonds. The molecule has 0 saturated carbocycles. The standard InChI is InChI=1S/C15H22N2S2/c1-11(2)9-18-10-12(16-3)8-15-17-13-6-4-5-7-14(13)19-15/h4-7,11-12,16H,8-10H2,1-3H3. The van der Waals surface area contributed by atoms with Gasteiger partial charge in [0.2, 0.25) is 0 Å². The van der Waals surface area contributed by atoms with Crippen LogP contribution in [0.4, 0.5) is 0 Å². The summed E-state index contributed by atoms with van der Waals surface area (Å²) in [5.41, 5.74) is 1.13. The second-order valence-corrected chi connectivity index (χ2v) is 7.39. The molecule has 2 rings (SSSR count). The van der Waals surface area contributed by atoms with Gasteiger partial charge in [0, 0.05) is 18.2 Å². The lowest BCUT2D eigenvalue weighted by Gasteiger charge is -2.14. The van der Waals surface area contributed by atoms with Crippen LogP contribution >= 0.6 is 23.1 Å². The number of aromatic nitrogens is 1. The smallest absolute Gasteiger partial charge is 0.0954 e. The lowest BCUT2D eigenvalue weighted by molar-refractivity contribution is 0.614. The van der Waals surface area contributed by atoms with Crippen molar-refractivity contribution in [2.45, 2.75) is 26.3 Å². The summed E-state index contributed by atoms with van der Waals surface area (Å²) in [7, 11) is 2.05. The molecule has 0 aliphatic heterocycles. The first-order valence-corrected chi connectivity index (χ1v) is 8.75. The Morgan fingerprint density at radius 1 is 1.26 bits per heavy atom. The van der Waals surface area contributed by atoms with Crippen molar-refractivity contribution in [2.75, 3.05) is 18.6 Å². The van der Waals surface area contributed by atoms with Gasteiger partial charge >= 0.3 is 0 Å². The quantitative estimate of drug-likeness (QED) is 0.840. The van der Waals surface area contributed by atoms with Gasteiger partial charge in [0.05, 0.1) is 15.2 Å². The molecule has 1 atom stereocenters. The molecule has 0 aliphatic carbocycles. The van der Waals surface area contributed by atoms with Gasteiger partial charge in [-0.1, -0.05) is 26.0 Å². The van der Waals surface area contributed by atoms with E-state index in [-0.39, 0.29) is 0 Å². The molecule has 1 unspecified atom stereocenters. The molecule has 0 aliphatic rings. The maximum Gasteiger partial charge on any atom is 0.0954 e. The van der Waals surface area contributed by atoms with Crippen LogP contribution in [-0.4, -0.2) is 29.6 Å². The van der Waals surface area contributed by atoms with Gasteiger partial charge in [0.25, 0.3) is 0 Å². The number of benzene rings is 1. The van der Waals surface area contributed by atoms with Gasteiger partial charge in [0.1, 0.15) is 0 Å². The summed E-state index contributed by atoms with van der Waals surface area (Å²) < 4.78 is 1.29. The molecule has 104 valence electrons. The first-order valence-electron chi connectivity index (χ1n) is 6.78. The average Bonchev–Trinajstić information content (AvgIpc) is 2.79. The molecule has 1 aromatic carbocycles. The van der Waals surface area contributed by atoms with Crippen molar-refractivity contribution in [3.8, 4) is 0 Å². The van der Waals surface area contributed by atoms with Crippen molar-refractivity contribution in [3.63, 3.8) is 0 Å². The Kier molecular flexibility index (Phi) is 5.67. The van der Waals surface area contributed by atoms with Crippen LogP contribution in [0.15, 0.2) is 24.3 Å². The minimum absolute atomic E-state index is 0.518. The highest BCUT2D eigenvalue weighted by Crippen LogP contribution is 2.23. The highest BCUT2D eigenvalue weighted by Gasteiger charge is 2.11. The van der Waals surface area contributed by atoms with Gasteiger partial charge in [-0.3, -0.25) is 0 Å². The van der Waals surface area contributed by atoms with Crippen LogP contribution in [0.1, 0.15) is 18.9 Å². The lowest BCUT2D eigenvalue weighted by Crippen LogP contribution is -2.30. The summed E-state index contributed by atoms with van der Waals surface area (Å²) in [4.78, 5) is 4.71. The van der Waals surface area contributed by atoms with E-state index in [2.05, 4.69) is 43.4 Å². The molecule has 0 fully saturated rings. The zero-order valence-corrected chi connectivity index (χ0v) is 13.5. The van der Waals surface area contributed by atoms with E-state index in [9.17, 15) is 0 Å². The zero-order valence-electron chi connectivity index (χ0n) is 11.8. The molecule has 1 N–H and O–H groups in total. The Balaban J connectivity index is 1.93. The first kappa shape index (κ1) is 14.8. The monoisotopic (exact) mass is 294 g/mol. The Bertz CT molecular complexity index is 475. The molecular weight excluding hydrogens is 272 g/mol. The van der Waals surface area contributed by atoms with Crippen molar-refractivity contribution in [3.05, 3.63) is 29.3 Å². The van der Waals surface area contributed by atoms with Crippen LogP contribution in [0.5, 0.6) is 0 Å². The van der Waals surface area contributed by atoms with Crippen molar-refractivity contribution in [1.29, 1.82) is 0 Å². The van der Waals surface area contributed by atoms with E-state index >= 15 is 0 Å². The number of nitrogens with zero attached hydrogens (tertiary/aromatic N) is 1. The van der Waals surface area contributed by atoms with E-state index in [1.807, 2.05) is 30.1 Å². The Morgan fingerprint density at radius 2 is 2.05 bits per heavy atom. The number of rotatable bonds is 7. The van der Waals surface area contributed by atoms with E-state index in [1.54, 1.807) is 0 Å². The number of nitrogens with one attached hydrogen (secondary N) is 1. The van der Waals surface area contributed by atoms with Crippen LogP contribution in [-0.2, 0) is 6.42 Å². The van der Waals surface area contributed by atoms with Crippen molar-refractivity contribution in [1.82, 2.24) is 10.3 Å². The summed E-state index contributed by atoms with van der Waals surface area (Å²) >= 11 is 3.85. The summed E-state index contributed by atoms with van der Waals surface area (Å²) in [5.74, 6) is 3.16. The van der Waals surface area contributed by atoms with Crippen LogP contribution < -0.4 is 5.32 Å². The van der Waals surface area contributed by atoms with Gasteiger partial charge in [-0.2, -0.15) is 11.8 Å². The van der Waals surface area contributed by atoms with E-state index in [0.717, 1.165) is 23.6 Å². The number of fused-ring (bicyclic) bond motifs is 1. The summed E-state index contributed by atoms with van der Waals surface area (Å²) in [6.07, 6.45) is 1.03. The van der Waals surface area contributed by atoms with Crippen molar-refractivity contribution >= 4 is 33.3 Å². The Hall–Kier alpha value is -0.580. The number of para-hydroxylation sites is 1. The topological polar surface area (TPSA) is 24.9 Å². The predicted molar refractivity (Wildman–Crippen MR) is 88.3 cm³/mol. The first-order chi connectivity index (χ1) is 9.19. The Morgan fingerprint density at radius 3 is 2.74 bits per heavy atom. The van der Waals surface area contributed by atoms with E-state index < -0.39 is 0 Å². The van der Waals surface area contributed by atoms with Gasteiger partial charge in [-0.25, -0.2) is 4.98 Å². The molecule has 0 spiro atoms. The molecule has 0 bridgehead atoms. The number of likely N-dealkylation sites (N-methyl/N-ethyl adjacent to an activating group) is 1. The minimum Gasteiger partial charge on any atom is -0.316 e. The van der Waals surface area contributed by atoms with Crippen LogP contribution in [0.25, 0.3) is 10.2 Å². The highest BCUT2D eigenvalue weighted by atomic mass is 32.2. The second kappa shape index (κ2) is 7.27. The largest absolute Gasteiger partial charge is 0.316 e. The fourth-order valence-electron chi connectivity index (χ4n) is 1.91. The highest BCUT2D eigenvalue weighted by molar-refractivity contribution is 7.99. The number of thiazole rings is 1. The van der Waals surface area contributed by atoms with E-state index in [1.165, 1.54) is 15.5 Å². The normalized spacial score (nSPS) is 13.3. The number of hydrogen-bond acceptors (Lipinski definition) is 4. The van der Waals surface area contributed by atoms with Gasteiger partial charge in [0.15, 0.2) is 0 Å². The van der Waals surface area contributed by atoms with Crippen molar-refractivity contribution < 1.29 is 0 Å². The Labute approximate surface area is 124 Å². The average molecular weight is 294 g/mol. The zero-order chi connectivity index (χ0) is 13.7. The molecular formula is C15H22N2S2. The molecule has 2 nitrogen and oxygen atoms in total. The number of hydrogen-bond donors (Lipinski definition) is 1. The van der Waals surface area contributed by atoms with Gasteiger partial charge < -0.3 is 5.32 Å². The summed E-state index contributed by atoms with van der Waals surface area (Å²) in [6, 6.07) is 8.90. The predicted octanol–water partition coefficient (Wildman–Crippen LogP) is 3.82. The van der Waals surface area contributed by atoms with E-state index in [4.69, 9.17) is 4.98 Å². The van der Waals surface area contributed by atoms with Gasteiger partial charge in [-0.15, -0.1) is 11.3 Å². The molecule has 0 saturated heterocycles. The fraction of sp³-hybridized carbons (Fsp3) is 0.533. The fourth-order valence-corrected chi connectivity index (χ4v) is 4.13. The third-order valence-corrected chi connectivity index (χ3v) is 5.54. The minimum atomic E-state index is 0.518. The molecule has 2 aromatic rings. The maximum atomic E-state index is 4.71. The molecule has 1 aromatic heterocycles. The van der Waals surface area contributed by atoms with Crippen LogP contribution in [0.3, 0.4) is 0 Å². The SMILES string of the molecule is CNC(CSCC(C)C)Cc1nc2ccccc2s1. The van der Waals surface area contributed by atoms with Crippen LogP contribution in [0, 0.1) is 5.92 Å². The summed E-state index contributed by atoms with van der Waals surface area (Å²) in [6.45, 7) is 4.55.